The topological polar surface area (TPSA) is 200 Å². The molecule has 2 unspecified atom stereocenters. The molecule has 3 heterocycles. The Morgan fingerprint density at radius 3 is 2.40 bits per heavy atom. The molecule has 3 aliphatic heterocycles. The Bertz CT molecular complexity index is 1370. The number of aliphatic hydroxyl groups is 5. The van der Waals surface area contributed by atoms with Crippen molar-refractivity contribution in [2.75, 3.05) is 20.3 Å². The maximum atomic E-state index is 12.8. The lowest BCUT2D eigenvalue weighted by atomic mass is 9.43. The molecule has 0 aromatic heterocycles. The highest BCUT2D eigenvalue weighted by Gasteiger charge is 2.71. The number of carbonyl (C=O) groups is 2. The van der Waals surface area contributed by atoms with E-state index in [1.807, 2.05) is 6.92 Å². The number of carbonyl (C=O) groups excluding carboxylic acids is 2. The van der Waals surface area contributed by atoms with Crippen molar-refractivity contribution in [3.05, 3.63) is 11.6 Å². The number of esters is 2. The van der Waals surface area contributed by atoms with Gasteiger partial charge in [0, 0.05) is 44.3 Å². The van der Waals surface area contributed by atoms with Gasteiger partial charge in [-0.3, -0.25) is 4.79 Å². The molecule has 7 aliphatic rings. The summed E-state index contributed by atoms with van der Waals surface area (Å²) in [7, 11) is 1.57. The van der Waals surface area contributed by atoms with E-state index in [2.05, 4.69) is 13.8 Å². The fraction of sp³-hybridized carbons (Fsp3) is 0.895. The summed E-state index contributed by atoms with van der Waals surface area (Å²) in [6.07, 6.45) is -1.29. The van der Waals surface area contributed by atoms with Crippen LogP contribution in [0.3, 0.4) is 0 Å². The zero-order valence-electron chi connectivity index (χ0n) is 30.9. The van der Waals surface area contributed by atoms with Gasteiger partial charge in [0.25, 0.3) is 0 Å². The third kappa shape index (κ3) is 6.36. The highest BCUT2D eigenvalue weighted by molar-refractivity contribution is 5.85. The van der Waals surface area contributed by atoms with Gasteiger partial charge in [-0.1, -0.05) is 13.8 Å². The molecular weight excluding hydrogens is 680 g/mol. The molecule has 2 saturated heterocycles. The highest BCUT2D eigenvalue weighted by atomic mass is 16.7. The lowest BCUT2D eigenvalue weighted by Crippen LogP contribution is -2.62. The predicted octanol–water partition coefficient (Wildman–Crippen LogP) is 1.51. The average molecular weight is 739 g/mol. The maximum absolute atomic E-state index is 12.8. The number of methoxy groups -OCH3 is 1. The molecule has 0 bridgehead atoms. The number of aliphatic hydroxyl groups excluding tert-OH is 4. The number of ether oxygens (including phenoxy) is 7. The Morgan fingerprint density at radius 2 is 1.73 bits per heavy atom. The minimum Gasteiger partial charge on any atom is -0.462 e. The van der Waals surface area contributed by atoms with Gasteiger partial charge in [0.05, 0.1) is 30.5 Å². The number of fused-ring (bicyclic) bond motifs is 5. The normalized spacial score (nSPS) is 51.8. The largest absolute Gasteiger partial charge is 0.462 e. The minimum absolute atomic E-state index is 0.000668. The van der Waals surface area contributed by atoms with Gasteiger partial charge in [0.1, 0.15) is 43.2 Å². The third-order valence-electron chi connectivity index (χ3n) is 14.6. The quantitative estimate of drug-likeness (QED) is 0.177. The second-order valence-corrected chi connectivity index (χ2v) is 17.1. The van der Waals surface area contributed by atoms with Crippen LogP contribution < -0.4 is 0 Å². The molecule has 7 rings (SSSR count). The fourth-order valence-electron chi connectivity index (χ4n) is 11.9. The van der Waals surface area contributed by atoms with Crippen molar-refractivity contribution in [3.8, 4) is 0 Å². The second kappa shape index (κ2) is 14.4. The van der Waals surface area contributed by atoms with E-state index in [9.17, 15) is 35.1 Å². The Labute approximate surface area is 305 Å². The number of rotatable bonds is 8. The predicted molar refractivity (Wildman–Crippen MR) is 180 cm³/mol. The summed E-state index contributed by atoms with van der Waals surface area (Å²) in [5.74, 6) is -0.323. The van der Waals surface area contributed by atoms with E-state index in [0.717, 1.165) is 50.5 Å². The standard InChI is InChI=1S/C38H58O14/c1-18-34(52-35-33(44)32(43)31(42)27(16-39)51-35)25(46-5)14-29(48-18)50-22-8-10-36(3)21(13-22)6-7-24-23(36)9-11-37(4)30(20-12-28(41)47-17-20)26(49-19(2)40)15-38(24,37)45/h12,18,21-27,29-35,39,42-45H,6-11,13-17H2,1-5H3/t18-,21-,22+,23+,24-,25+,26?,27-,29+,30?,31-,32+,33-,34-,35+,36+,37-,38+/m1/s1. The summed E-state index contributed by atoms with van der Waals surface area (Å²) in [6, 6.07) is 0. The molecule has 4 saturated carbocycles. The summed E-state index contributed by atoms with van der Waals surface area (Å²) < 4.78 is 41.6. The van der Waals surface area contributed by atoms with Crippen LogP contribution in [0.4, 0.5) is 0 Å². The van der Waals surface area contributed by atoms with Crippen molar-refractivity contribution in [2.45, 2.75) is 159 Å². The first kappa shape index (κ1) is 38.6. The molecule has 294 valence electrons. The number of cyclic esters (lactones) is 1. The molecule has 0 amide bonds. The zero-order valence-corrected chi connectivity index (χ0v) is 30.9. The Balaban J connectivity index is 0.999. The first-order chi connectivity index (χ1) is 24.6. The molecular formula is C38H58O14. The van der Waals surface area contributed by atoms with Gasteiger partial charge < -0.3 is 58.7 Å². The summed E-state index contributed by atoms with van der Waals surface area (Å²) in [5, 5.41) is 53.3. The Morgan fingerprint density at radius 1 is 0.962 bits per heavy atom. The molecule has 0 aromatic rings. The number of hydrogen-bond donors (Lipinski definition) is 5. The van der Waals surface area contributed by atoms with Crippen LogP contribution >= 0.6 is 0 Å². The summed E-state index contributed by atoms with van der Waals surface area (Å²) in [5.41, 5.74) is -0.799. The minimum atomic E-state index is -1.55. The molecule has 0 radical (unpaired) electrons. The molecule has 14 nitrogen and oxygen atoms in total. The van der Waals surface area contributed by atoms with Gasteiger partial charge in [0.2, 0.25) is 0 Å². The van der Waals surface area contributed by atoms with Crippen molar-refractivity contribution in [1.29, 1.82) is 0 Å². The van der Waals surface area contributed by atoms with Crippen LogP contribution in [0.1, 0.15) is 85.5 Å². The van der Waals surface area contributed by atoms with Crippen LogP contribution in [-0.4, -0.2) is 131 Å². The van der Waals surface area contributed by atoms with E-state index < -0.39 is 79.0 Å². The van der Waals surface area contributed by atoms with Gasteiger partial charge >= 0.3 is 11.9 Å². The molecule has 18 atom stereocenters. The third-order valence-corrected chi connectivity index (χ3v) is 14.6. The summed E-state index contributed by atoms with van der Waals surface area (Å²) >= 11 is 0. The van der Waals surface area contributed by atoms with Crippen molar-refractivity contribution in [2.24, 2.45) is 34.5 Å². The second-order valence-electron chi connectivity index (χ2n) is 17.1. The van der Waals surface area contributed by atoms with Crippen LogP contribution in [0, 0.1) is 34.5 Å². The Hall–Kier alpha value is -1.72. The van der Waals surface area contributed by atoms with Crippen molar-refractivity contribution in [3.63, 3.8) is 0 Å². The smallest absolute Gasteiger partial charge is 0.331 e. The highest BCUT2D eigenvalue weighted by Crippen LogP contribution is 2.70. The maximum Gasteiger partial charge on any atom is 0.331 e. The van der Waals surface area contributed by atoms with Crippen LogP contribution in [0.5, 0.6) is 0 Å². The molecule has 4 aliphatic carbocycles. The molecule has 6 fully saturated rings. The van der Waals surface area contributed by atoms with E-state index in [1.165, 1.54) is 13.0 Å². The molecule has 5 N–H and O–H groups in total. The van der Waals surface area contributed by atoms with E-state index in [0.29, 0.717) is 24.7 Å². The number of hydrogen-bond acceptors (Lipinski definition) is 14. The first-order valence-corrected chi connectivity index (χ1v) is 19.2. The van der Waals surface area contributed by atoms with Crippen LogP contribution in [0.2, 0.25) is 0 Å². The van der Waals surface area contributed by atoms with E-state index in [-0.39, 0.29) is 41.9 Å². The summed E-state index contributed by atoms with van der Waals surface area (Å²) in [4.78, 5) is 24.4. The molecule has 0 spiro atoms. The van der Waals surface area contributed by atoms with Crippen LogP contribution in [0.25, 0.3) is 0 Å². The van der Waals surface area contributed by atoms with Gasteiger partial charge in [-0.05, 0) is 80.6 Å². The lowest BCUT2D eigenvalue weighted by Gasteiger charge is -2.63. The lowest BCUT2D eigenvalue weighted by molar-refractivity contribution is -0.345. The molecule has 52 heavy (non-hydrogen) atoms. The monoisotopic (exact) mass is 738 g/mol. The van der Waals surface area contributed by atoms with Gasteiger partial charge in [-0.15, -0.1) is 0 Å². The van der Waals surface area contributed by atoms with E-state index >= 15 is 0 Å². The fourth-order valence-corrected chi connectivity index (χ4v) is 11.9. The van der Waals surface area contributed by atoms with E-state index in [4.69, 9.17) is 33.2 Å². The van der Waals surface area contributed by atoms with Gasteiger partial charge in [-0.25, -0.2) is 4.79 Å². The van der Waals surface area contributed by atoms with Crippen molar-refractivity contribution >= 4 is 11.9 Å². The van der Waals surface area contributed by atoms with Gasteiger partial charge in [0.15, 0.2) is 12.6 Å². The Kier molecular flexibility index (Phi) is 10.7. The average Bonchev–Trinajstić information content (AvgIpc) is 3.61. The van der Waals surface area contributed by atoms with E-state index in [1.54, 1.807) is 7.11 Å². The van der Waals surface area contributed by atoms with Crippen LogP contribution in [-0.2, 0) is 42.7 Å². The molecule has 14 heteroatoms. The SMILES string of the molecule is CO[C@H]1C[C@H](O[C@H]2CC[C@@]3(C)[C@H](CC[C@@H]4[C@@H]3CC[C@]3(C)C(C5=CC(=O)OC5)C(OC(C)=O)C[C@]43O)C2)O[C@H](C)[C@H]1O[C@@H]1O[C@H](CO)[C@@H](O)[C@H](O)[C@H]1O. The summed E-state index contributed by atoms with van der Waals surface area (Å²) in [6.45, 7) is 7.35. The van der Waals surface area contributed by atoms with Gasteiger partial charge in [-0.2, -0.15) is 0 Å². The van der Waals surface area contributed by atoms with Crippen molar-refractivity contribution < 1.29 is 68.3 Å². The van der Waals surface area contributed by atoms with Crippen LogP contribution in [0.15, 0.2) is 11.6 Å². The zero-order chi connectivity index (χ0) is 37.3. The van der Waals surface area contributed by atoms with Crippen molar-refractivity contribution in [1.82, 2.24) is 0 Å². The first-order valence-electron chi connectivity index (χ1n) is 19.2. The molecule has 0 aromatic carbocycles.